The Balaban J connectivity index is 1.12. The smallest absolute Gasteiger partial charge is 0.325 e. The Morgan fingerprint density at radius 1 is 1.26 bits per heavy atom. The number of carboxylic acids is 1. The van der Waals surface area contributed by atoms with Crippen molar-refractivity contribution in [3.63, 3.8) is 0 Å². The van der Waals surface area contributed by atoms with Crippen molar-refractivity contribution in [2.24, 2.45) is 0 Å². The van der Waals surface area contributed by atoms with Gasteiger partial charge in [-0.05, 0) is 80.7 Å². The van der Waals surface area contributed by atoms with Gasteiger partial charge in [-0.3, -0.25) is 9.69 Å². The number of likely N-dealkylation sites (tertiary alicyclic amines) is 1. The Hall–Kier alpha value is -2.75. The Kier molecular flexibility index (Phi) is 8.69. The van der Waals surface area contributed by atoms with Gasteiger partial charge < -0.3 is 24.6 Å². The van der Waals surface area contributed by atoms with E-state index in [-0.39, 0.29) is 11.9 Å². The lowest BCUT2D eigenvalue weighted by Gasteiger charge is -2.27. The number of methoxy groups -OCH3 is 2. The van der Waals surface area contributed by atoms with Gasteiger partial charge in [0.05, 0.1) is 18.8 Å². The summed E-state index contributed by atoms with van der Waals surface area (Å²) in [7, 11) is 2.98. The third-order valence-corrected chi connectivity index (χ3v) is 8.35. The Morgan fingerprint density at radius 3 is 2.85 bits per heavy atom. The fourth-order valence-corrected chi connectivity index (χ4v) is 5.97. The molecule has 3 heterocycles. The number of fused-ring (bicyclic) bond motifs is 1. The van der Waals surface area contributed by atoms with Crippen LogP contribution in [0.3, 0.4) is 0 Å². The molecule has 1 aromatic carbocycles. The van der Waals surface area contributed by atoms with Gasteiger partial charge in [-0.1, -0.05) is 12.5 Å². The predicted molar refractivity (Wildman–Crippen MR) is 146 cm³/mol. The monoisotopic (exact) mass is 541 g/mol. The molecule has 2 aliphatic heterocycles. The van der Waals surface area contributed by atoms with Crippen LogP contribution in [0.1, 0.15) is 73.4 Å². The number of carbonyl (C=O) groups is 1. The van der Waals surface area contributed by atoms with E-state index in [4.69, 9.17) is 19.2 Å². The normalized spacial score (nSPS) is 20.7. The molecule has 1 saturated carbocycles. The fourth-order valence-electron chi connectivity index (χ4n) is 5.97. The van der Waals surface area contributed by atoms with E-state index in [0.717, 1.165) is 69.4 Å². The maximum Gasteiger partial charge on any atom is 0.325 e. The van der Waals surface area contributed by atoms with Crippen LogP contribution in [0.4, 0.5) is 10.2 Å². The van der Waals surface area contributed by atoms with Crippen molar-refractivity contribution >= 4 is 11.8 Å². The molecule has 2 atom stereocenters. The number of rotatable bonds is 13. The first-order valence-electron chi connectivity index (χ1n) is 14.2. The standard InChI is InChI=1S/C30H40FN3O5/c1-37-27-24(17-21(18-25(27)31)30(38-2)12-13-30)26(29(35)36)34-15-11-23(19-34)39-16-5-3-4-8-22-10-9-20-7-6-14-32-28(20)33-22/h9-10,17-18,23,26H,3-8,11-16,19H2,1-2H3,(H,32,33)(H,35,36)/t23-,26-/m1/s1. The Labute approximate surface area is 229 Å². The van der Waals surface area contributed by atoms with Crippen molar-refractivity contribution in [3.05, 3.63) is 52.5 Å². The van der Waals surface area contributed by atoms with Crippen LogP contribution in [-0.4, -0.2) is 67.5 Å². The molecule has 1 aromatic heterocycles. The minimum absolute atomic E-state index is 0.0216. The number of hydrogen-bond acceptors (Lipinski definition) is 7. The van der Waals surface area contributed by atoms with Crippen LogP contribution in [0, 0.1) is 5.82 Å². The number of aromatic nitrogens is 1. The number of pyridine rings is 1. The molecule has 3 aliphatic rings. The molecule has 0 bridgehead atoms. The topological polar surface area (TPSA) is 93.2 Å². The lowest BCUT2D eigenvalue weighted by atomic mass is 9.97. The number of anilines is 1. The summed E-state index contributed by atoms with van der Waals surface area (Å²) in [4.78, 5) is 19.1. The molecular formula is C30H40FN3O5. The van der Waals surface area contributed by atoms with E-state index in [1.807, 2.05) is 4.90 Å². The zero-order chi connectivity index (χ0) is 27.4. The molecule has 2 fully saturated rings. The van der Waals surface area contributed by atoms with E-state index in [0.29, 0.717) is 30.8 Å². The summed E-state index contributed by atoms with van der Waals surface area (Å²) >= 11 is 0. The first kappa shape index (κ1) is 27.8. The number of aryl methyl sites for hydroxylation is 2. The minimum atomic E-state index is -1.03. The second kappa shape index (κ2) is 12.2. The second-order valence-corrected chi connectivity index (χ2v) is 10.9. The highest BCUT2D eigenvalue weighted by molar-refractivity contribution is 5.77. The summed E-state index contributed by atoms with van der Waals surface area (Å²) in [6, 6.07) is 6.48. The molecule has 39 heavy (non-hydrogen) atoms. The quantitative estimate of drug-likeness (QED) is 0.348. The molecule has 0 amide bonds. The van der Waals surface area contributed by atoms with Gasteiger partial charge in [0, 0.05) is 44.6 Å². The predicted octanol–water partition coefficient (Wildman–Crippen LogP) is 4.85. The van der Waals surface area contributed by atoms with E-state index in [1.54, 1.807) is 13.2 Å². The van der Waals surface area contributed by atoms with Crippen LogP contribution in [0.25, 0.3) is 0 Å². The molecule has 2 aromatic rings. The lowest BCUT2D eigenvalue weighted by Crippen LogP contribution is -2.34. The fraction of sp³-hybridized carbons (Fsp3) is 0.600. The number of carboxylic acid groups (broad SMARTS) is 1. The lowest BCUT2D eigenvalue weighted by molar-refractivity contribution is -0.143. The number of unbranched alkanes of at least 4 members (excludes halogenated alkanes) is 2. The third-order valence-electron chi connectivity index (χ3n) is 8.35. The van der Waals surface area contributed by atoms with Crippen molar-refractivity contribution in [1.82, 2.24) is 9.88 Å². The first-order chi connectivity index (χ1) is 18.9. The average molecular weight is 542 g/mol. The number of ether oxygens (including phenoxy) is 3. The van der Waals surface area contributed by atoms with Crippen LogP contribution in [0.15, 0.2) is 24.3 Å². The molecule has 1 aliphatic carbocycles. The van der Waals surface area contributed by atoms with Crippen molar-refractivity contribution in [2.75, 3.05) is 45.8 Å². The molecule has 9 heteroatoms. The number of benzene rings is 1. The highest BCUT2D eigenvalue weighted by Crippen LogP contribution is 2.50. The van der Waals surface area contributed by atoms with Gasteiger partial charge >= 0.3 is 5.97 Å². The maximum atomic E-state index is 15.0. The first-order valence-corrected chi connectivity index (χ1v) is 14.2. The van der Waals surface area contributed by atoms with E-state index in [1.165, 1.54) is 25.2 Å². The number of aliphatic carboxylic acids is 1. The summed E-state index contributed by atoms with van der Waals surface area (Å²) < 4.78 is 32.1. The van der Waals surface area contributed by atoms with Gasteiger partial charge in [0.2, 0.25) is 0 Å². The zero-order valence-electron chi connectivity index (χ0n) is 23.0. The van der Waals surface area contributed by atoms with E-state index >= 15 is 4.39 Å². The molecule has 5 rings (SSSR count). The van der Waals surface area contributed by atoms with Crippen molar-refractivity contribution < 1.29 is 28.5 Å². The van der Waals surface area contributed by atoms with E-state index < -0.39 is 23.4 Å². The van der Waals surface area contributed by atoms with E-state index in [9.17, 15) is 9.90 Å². The average Bonchev–Trinajstić information content (AvgIpc) is 3.62. The van der Waals surface area contributed by atoms with E-state index in [2.05, 4.69) is 17.4 Å². The van der Waals surface area contributed by atoms with Crippen LogP contribution >= 0.6 is 0 Å². The van der Waals surface area contributed by atoms with Crippen LogP contribution < -0.4 is 10.1 Å². The number of nitrogens with one attached hydrogen (secondary N) is 1. The van der Waals surface area contributed by atoms with Gasteiger partial charge in [0.15, 0.2) is 11.6 Å². The molecule has 212 valence electrons. The van der Waals surface area contributed by atoms with Crippen molar-refractivity contribution in [3.8, 4) is 5.75 Å². The summed E-state index contributed by atoms with van der Waals surface area (Å²) in [6.07, 6.45) is 8.53. The molecule has 0 unspecified atom stereocenters. The largest absolute Gasteiger partial charge is 0.493 e. The SMILES string of the molecule is COc1c(F)cc(C2(OC)CC2)cc1[C@H](C(=O)O)N1CC[C@@H](OCCCCCc2ccc3c(n2)NCCC3)C1. The molecule has 2 N–H and O–H groups in total. The summed E-state index contributed by atoms with van der Waals surface area (Å²) in [5.41, 5.74) is 2.90. The summed E-state index contributed by atoms with van der Waals surface area (Å²) in [5.74, 6) is -0.566. The van der Waals surface area contributed by atoms with Gasteiger partial charge in [-0.2, -0.15) is 0 Å². The minimum Gasteiger partial charge on any atom is -0.493 e. The third kappa shape index (κ3) is 6.21. The van der Waals surface area contributed by atoms with Crippen LogP contribution in [0.5, 0.6) is 5.75 Å². The van der Waals surface area contributed by atoms with Crippen LogP contribution in [0.2, 0.25) is 0 Å². The number of halogens is 1. The molecule has 8 nitrogen and oxygen atoms in total. The van der Waals surface area contributed by atoms with Crippen molar-refractivity contribution in [2.45, 2.75) is 75.5 Å². The molecule has 0 radical (unpaired) electrons. The molecule has 0 spiro atoms. The Bertz CT molecular complexity index is 1170. The number of nitrogens with zero attached hydrogens (tertiary/aromatic N) is 2. The van der Waals surface area contributed by atoms with Crippen molar-refractivity contribution in [1.29, 1.82) is 0 Å². The number of hydrogen-bond donors (Lipinski definition) is 2. The van der Waals surface area contributed by atoms with Gasteiger partial charge in [0.25, 0.3) is 0 Å². The van der Waals surface area contributed by atoms with Gasteiger partial charge in [-0.25, -0.2) is 9.37 Å². The van der Waals surface area contributed by atoms with Gasteiger partial charge in [0.1, 0.15) is 11.9 Å². The summed E-state index contributed by atoms with van der Waals surface area (Å²) in [6.45, 7) is 2.68. The van der Waals surface area contributed by atoms with Gasteiger partial charge in [-0.15, -0.1) is 0 Å². The maximum absolute atomic E-state index is 15.0. The molecule has 1 saturated heterocycles. The Morgan fingerprint density at radius 2 is 2.10 bits per heavy atom. The summed E-state index contributed by atoms with van der Waals surface area (Å²) in [5, 5.41) is 13.6. The molecular weight excluding hydrogens is 501 g/mol. The zero-order valence-corrected chi connectivity index (χ0v) is 23.0. The second-order valence-electron chi connectivity index (χ2n) is 10.9. The van der Waals surface area contributed by atoms with Crippen LogP contribution in [-0.2, 0) is 32.7 Å². The highest BCUT2D eigenvalue weighted by Gasteiger charge is 2.46. The highest BCUT2D eigenvalue weighted by atomic mass is 19.1.